The van der Waals surface area contributed by atoms with E-state index < -0.39 is 24.3 Å². The summed E-state index contributed by atoms with van der Waals surface area (Å²) in [5.74, 6) is -2.29. The number of rotatable bonds is 59. The summed E-state index contributed by atoms with van der Waals surface area (Å²) < 4.78 is 22.7. The Morgan fingerprint density at radius 1 is 0.388 bits per heavy atom. The van der Waals surface area contributed by atoms with E-state index >= 15 is 0 Å². The fourth-order valence-electron chi connectivity index (χ4n) is 8.78. The van der Waals surface area contributed by atoms with Crippen molar-refractivity contribution in [3.8, 4) is 0 Å². The predicted molar refractivity (Wildman–Crippen MR) is 338 cm³/mol. The van der Waals surface area contributed by atoms with Crippen molar-refractivity contribution in [3.63, 3.8) is 0 Å². The molecule has 0 amide bonds. The second-order valence-electron chi connectivity index (χ2n) is 22.7. The van der Waals surface area contributed by atoms with E-state index in [-0.39, 0.29) is 38.6 Å². The molecule has 0 aliphatic carbocycles. The van der Waals surface area contributed by atoms with Crippen LogP contribution in [0.15, 0.2) is 109 Å². The lowest BCUT2D eigenvalue weighted by Gasteiger charge is -2.26. The Kier molecular flexibility index (Phi) is 57.9. The van der Waals surface area contributed by atoms with Gasteiger partial charge >= 0.3 is 11.9 Å². The molecule has 0 heterocycles. The molecule has 0 aliphatic heterocycles. The highest BCUT2D eigenvalue weighted by molar-refractivity contribution is 5.70. The van der Waals surface area contributed by atoms with Gasteiger partial charge in [-0.15, -0.1) is 0 Å². The predicted octanol–water partition coefficient (Wildman–Crippen LogP) is 18.5. The summed E-state index contributed by atoms with van der Waals surface area (Å²) in [4.78, 5) is 37.3. The highest BCUT2D eigenvalue weighted by atomic mass is 16.7. The quantitative estimate of drug-likeness (QED) is 0.0195. The number of carbonyl (C=O) groups excluding carboxylic acids is 3. The van der Waals surface area contributed by atoms with Crippen molar-refractivity contribution in [1.29, 1.82) is 0 Å². The van der Waals surface area contributed by atoms with Gasteiger partial charge in [-0.2, -0.15) is 0 Å². The minimum absolute atomic E-state index is 0.143. The molecule has 2 atom stereocenters. The molecule has 0 aromatic heterocycles. The first-order valence-electron chi connectivity index (χ1n) is 32.5. The summed E-state index contributed by atoms with van der Waals surface area (Å²) in [6.07, 6.45) is 81.6. The van der Waals surface area contributed by atoms with Crippen LogP contribution in [0, 0.1) is 0 Å². The molecule has 0 radical (unpaired) electrons. The molecule has 0 spiro atoms. The van der Waals surface area contributed by atoms with Crippen LogP contribution in [0.3, 0.4) is 0 Å². The van der Waals surface area contributed by atoms with Gasteiger partial charge in [-0.25, -0.2) is 0 Å². The number of carbonyl (C=O) groups is 3. The van der Waals surface area contributed by atoms with Gasteiger partial charge in [-0.3, -0.25) is 9.59 Å². The summed E-state index contributed by atoms with van der Waals surface area (Å²) in [6, 6.07) is 0. The van der Waals surface area contributed by atoms with Crippen molar-refractivity contribution in [1.82, 2.24) is 0 Å². The highest BCUT2D eigenvalue weighted by Crippen LogP contribution is 2.16. The van der Waals surface area contributed by atoms with Crippen molar-refractivity contribution < 1.29 is 42.9 Å². The van der Waals surface area contributed by atoms with E-state index in [1.807, 2.05) is 21.1 Å². The number of likely N-dealkylation sites (N-methyl/N-ethyl adjacent to an activating group) is 1. The van der Waals surface area contributed by atoms with Crippen molar-refractivity contribution in [2.24, 2.45) is 0 Å². The van der Waals surface area contributed by atoms with Gasteiger partial charge in [0, 0.05) is 12.8 Å². The number of quaternary nitrogens is 1. The molecular weight excluding hydrogens is 995 g/mol. The van der Waals surface area contributed by atoms with Gasteiger partial charge in [-0.1, -0.05) is 258 Å². The monoisotopic (exact) mass is 1120 g/mol. The molecule has 0 aromatic carbocycles. The van der Waals surface area contributed by atoms with Crippen LogP contribution >= 0.6 is 0 Å². The van der Waals surface area contributed by atoms with Crippen LogP contribution in [0.4, 0.5) is 0 Å². The van der Waals surface area contributed by atoms with Gasteiger partial charge in [-0.05, 0) is 103 Å². The molecule has 0 aliphatic rings. The summed E-state index contributed by atoms with van der Waals surface area (Å²) in [7, 11) is 5.92. The van der Waals surface area contributed by atoms with E-state index in [1.165, 1.54) is 122 Å². The van der Waals surface area contributed by atoms with Crippen LogP contribution in [-0.2, 0) is 33.3 Å². The van der Waals surface area contributed by atoms with E-state index in [0.717, 1.165) is 109 Å². The number of aliphatic carboxylic acids is 1. The van der Waals surface area contributed by atoms with Crippen molar-refractivity contribution in [2.45, 2.75) is 277 Å². The Morgan fingerprint density at radius 3 is 1.07 bits per heavy atom. The van der Waals surface area contributed by atoms with Gasteiger partial charge in [0.25, 0.3) is 0 Å². The van der Waals surface area contributed by atoms with Gasteiger partial charge in [0.1, 0.15) is 13.2 Å². The first-order chi connectivity index (χ1) is 39.1. The van der Waals surface area contributed by atoms with Crippen LogP contribution in [0.2, 0.25) is 0 Å². The molecule has 80 heavy (non-hydrogen) atoms. The molecule has 0 saturated heterocycles. The summed E-state index contributed by atoms with van der Waals surface area (Å²) >= 11 is 0. The van der Waals surface area contributed by atoms with E-state index in [4.69, 9.17) is 18.9 Å². The van der Waals surface area contributed by atoms with Crippen molar-refractivity contribution in [2.75, 3.05) is 47.5 Å². The van der Waals surface area contributed by atoms with Gasteiger partial charge in [0.2, 0.25) is 0 Å². The number of esters is 2. The molecular formula is C71H121NO8. The number of hydrogen-bond donors (Lipinski definition) is 0. The fraction of sp³-hybridized carbons (Fsp3) is 0.704. The number of hydrogen-bond acceptors (Lipinski definition) is 8. The van der Waals surface area contributed by atoms with Gasteiger partial charge in [0.15, 0.2) is 12.4 Å². The number of nitrogens with zero attached hydrogens (tertiary/aromatic N) is 1. The second kappa shape index (κ2) is 61.0. The SMILES string of the molecule is CC/C=C\C/C=C\C/C=C\C/C=C\C/C=C\C/C=C\C/C=C\C/C=C\CCCCCCCCCCCCCCCCC(=O)OC(COC(=O)CCCCCCC/C=C\CCCCCCCCC)COC(OCC[N+](C)(C)C)C(=O)[O-]. The lowest BCUT2D eigenvalue weighted by atomic mass is 10.0. The van der Waals surface area contributed by atoms with Crippen molar-refractivity contribution in [3.05, 3.63) is 109 Å². The largest absolute Gasteiger partial charge is 0.545 e. The lowest BCUT2D eigenvalue weighted by molar-refractivity contribution is -0.870. The number of carboxylic acid groups (broad SMARTS) is 1. The number of ether oxygens (including phenoxy) is 4. The van der Waals surface area contributed by atoms with Crippen LogP contribution in [0.25, 0.3) is 0 Å². The molecule has 0 fully saturated rings. The first-order valence-corrected chi connectivity index (χ1v) is 32.5. The zero-order chi connectivity index (χ0) is 58.3. The molecule has 458 valence electrons. The lowest BCUT2D eigenvalue weighted by Crippen LogP contribution is -2.44. The van der Waals surface area contributed by atoms with E-state index in [1.54, 1.807) is 0 Å². The molecule has 9 heteroatoms. The number of allylic oxidation sites excluding steroid dienone is 18. The molecule has 0 bridgehead atoms. The van der Waals surface area contributed by atoms with Crippen molar-refractivity contribution >= 4 is 17.9 Å². The second-order valence-corrected chi connectivity index (χ2v) is 22.7. The Labute approximate surface area is 492 Å². The Bertz CT molecular complexity index is 1680. The van der Waals surface area contributed by atoms with E-state index in [9.17, 15) is 19.5 Å². The molecule has 0 saturated carbocycles. The smallest absolute Gasteiger partial charge is 0.306 e. The van der Waals surface area contributed by atoms with Crippen LogP contribution < -0.4 is 5.11 Å². The molecule has 0 rings (SSSR count). The average molecular weight is 1120 g/mol. The average Bonchev–Trinajstić information content (AvgIpc) is 3.43. The molecule has 9 nitrogen and oxygen atoms in total. The Balaban J connectivity index is 4.10. The normalized spacial score (nSPS) is 13.5. The maximum Gasteiger partial charge on any atom is 0.306 e. The maximum atomic E-state index is 12.9. The zero-order valence-electron chi connectivity index (χ0n) is 52.2. The van der Waals surface area contributed by atoms with E-state index in [0.29, 0.717) is 17.4 Å². The third-order valence-electron chi connectivity index (χ3n) is 13.8. The first kappa shape index (κ1) is 76.0. The van der Waals surface area contributed by atoms with E-state index in [2.05, 4.69) is 123 Å². The minimum Gasteiger partial charge on any atom is -0.545 e. The third kappa shape index (κ3) is 61.6. The third-order valence-corrected chi connectivity index (χ3v) is 13.8. The van der Waals surface area contributed by atoms with Crippen LogP contribution in [-0.4, -0.2) is 82.3 Å². The maximum absolute atomic E-state index is 12.9. The highest BCUT2D eigenvalue weighted by Gasteiger charge is 2.22. The summed E-state index contributed by atoms with van der Waals surface area (Å²) in [5, 5.41) is 11.8. The van der Waals surface area contributed by atoms with Crippen LogP contribution in [0.1, 0.15) is 264 Å². The number of unbranched alkanes of at least 4 members (excludes halogenated alkanes) is 26. The Morgan fingerprint density at radius 2 is 0.713 bits per heavy atom. The molecule has 0 aromatic rings. The fourth-order valence-corrected chi connectivity index (χ4v) is 8.78. The topological polar surface area (TPSA) is 111 Å². The minimum atomic E-state index is -1.63. The summed E-state index contributed by atoms with van der Waals surface area (Å²) in [6.45, 7) is 4.63. The van der Waals surface area contributed by atoms with Gasteiger partial charge in [0.05, 0.1) is 40.3 Å². The van der Waals surface area contributed by atoms with Gasteiger partial charge < -0.3 is 33.3 Å². The van der Waals surface area contributed by atoms with Crippen LogP contribution in [0.5, 0.6) is 0 Å². The molecule has 2 unspecified atom stereocenters. The standard InChI is InChI=1S/C71H121NO8/c1-6-8-10-12-14-16-18-20-22-24-25-26-27-28-29-30-31-32-33-34-35-36-37-38-39-40-41-42-43-44-45-46-48-50-52-54-56-58-60-62-69(74)80-67(66-79-71(70(75)76)77-64-63-72(3,4)5)65-78-68(73)61-59-57-55-53-51-49-47-23-21-19-17-15-13-11-9-7-2/h8,10,14,16,20,22-23,25-26,28-29,31-32,34-35,37-38,47,67,71H,6-7,9,11-13,15,17-19,21,24,27,30,33,36,39-46,48-66H2,1-5H3/b10-8-,16-14-,22-20-,26-25-,29-28-,32-31-,35-34-,38-37-,47-23-. The summed E-state index contributed by atoms with van der Waals surface area (Å²) in [5.41, 5.74) is 0. The Hall–Kier alpha value is -4.05. The zero-order valence-corrected chi connectivity index (χ0v) is 52.2. The number of carboxylic acids is 1. The molecule has 0 N–H and O–H groups in total.